The van der Waals surface area contributed by atoms with Gasteiger partial charge in [0, 0.05) is 36.9 Å². The molecular weight excluding hydrogens is 378 g/mol. The van der Waals surface area contributed by atoms with Gasteiger partial charge in [0.1, 0.15) is 5.75 Å². The highest BCUT2D eigenvalue weighted by molar-refractivity contribution is 6.17. The minimum Gasteiger partial charge on any atom is -0.427 e. The maximum absolute atomic E-state index is 12.3. The first kappa shape index (κ1) is 22.1. The lowest BCUT2D eigenvalue weighted by Gasteiger charge is -2.20. The van der Waals surface area contributed by atoms with Gasteiger partial charge < -0.3 is 15.2 Å². The molecule has 2 aromatic rings. The van der Waals surface area contributed by atoms with E-state index < -0.39 is 6.10 Å². The number of esters is 1. The van der Waals surface area contributed by atoms with Crippen molar-refractivity contribution in [2.75, 3.05) is 12.4 Å². The highest BCUT2D eigenvalue weighted by Gasteiger charge is 2.16. The van der Waals surface area contributed by atoms with E-state index in [0.717, 1.165) is 5.56 Å². The first-order valence-corrected chi connectivity index (χ1v) is 9.91. The fourth-order valence-corrected chi connectivity index (χ4v) is 2.84. The van der Waals surface area contributed by atoms with Gasteiger partial charge in [-0.3, -0.25) is 9.59 Å². The molecule has 0 spiro atoms. The number of ether oxygens (including phenoxy) is 1. The fourth-order valence-electron chi connectivity index (χ4n) is 2.71. The standard InChI is InChI=1S/C22H26ClNO4/c1-16(22(27)18-6-3-2-4-7-18)24-15-13-20(25)17-9-11-19(12-10-17)28-21(26)8-5-14-23/h2-4,6-7,9-12,16,22,24,27H,5,8,13-15H2,1H3. The monoisotopic (exact) mass is 403 g/mol. The second kappa shape index (κ2) is 11.6. The van der Waals surface area contributed by atoms with Crippen LogP contribution in [-0.4, -0.2) is 35.3 Å². The van der Waals surface area contributed by atoms with Crippen LogP contribution in [0.1, 0.15) is 48.2 Å². The Bertz CT molecular complexity index is 749. The predicted molar refractivity (Wildman–Crippen MR) is 110 cm³/mol. The number of ketones is 1. The number of carbonyl (C=O) groups is 2. The van der Waals surface area contributed by atoms with Crippen LogP contribution in [0, 0.1) is 0 Å². The zero-order chi connectivity index (χ0) is 20.4. The third-order valence-electron chi connectivity index (χ3n) is 4.36. The number of hydrogen-bond acceptors (Lipinski definition) is 5. The molecule has 2 atom stereocenters. The van der Waals surface area contributed by atoms with Crippen molar-refractivity contribution in [3.63, 3.8) is 0 Å². The normalized spacial score (nSPS) is 13.0. The van der Waals surface area contributed by atoms with Gasteiger partial charge >= 0.3 is 5.97 Å². The van der Waals surface area contributed by atoms with E-state index in [1.807, 2.05) is 37.3 Å². The van der Waals surface area contributed by atoms with E-state index in [2.05, 4.69) is 5.32 Å². The molecule has 6 heteroatoms. The second-order valence-electron chi connectivity index (χ2n) is 6.56. The molecule has 150 valence electrons. The van der Waals surface area contributed by atoms with Crippen LogP contribution in [-0.2, 0) is 4.79 Å². The van der Waals surface area contributed by atoms with Crippen LogP contribution in [0.2, 0.25) is 0 Å². The van der Waals surface area contributed by atoms with Crippen molar-refractivity contribution in [3.05, 3.63) is 65.7 Å². The third-order valence-corrected chi connectivity index (χ3v) is 4.62. The molecule has 28 heavy (non-hydrogen) atoms. The zero-order valence-electron chi connectivity index (χ0n) is 15.9. The minimum atomic E-state index is -0.635. The summed E-state index contributed by atoms with van der Waals surface area (Å²) < 4.78 is 5.18. The molecule has 0 aliphatic carbocycles. The Morgan fingerprint density at radius 2 is 1.75 bits per heavy atom. The summed E-state index contributed by atoms with van der Waals surface area (Å²) in [6.07, 6.45) is 0.509. The molecule has 0 amide bonds. The van der Waals surface area contributed by atoms with Crippen LogP contribution in [0.25, 0.3) is 0 Å². The summed E-state index contributed by atoms with van der Waals surface area (Å²) in [4.78, 5) is 23.9. The Morgan fingerprint density at radius 3 is 2.39 bits per heavy atom. The Hall–Kier alpha value is -2.21. The van der Waals surface area contributed by atoms with Crippen molar-refractivity contribution < 1.29 is 19.4 Å². The van der Waals surface area contributed by atoms with Crippen molar-refractivity contribution in [1.29, 1.82) is 0 Å². The van der Waals surface area contributed by atoms with E-state index in [4.69, 9.17) is 16.3 Å². The molecule has 0 aliphatic rings. The zero-order valence-corrected chi connectivity index (χ0v) is 16.7. The molecular formula is C22H26ClNO4. The molecule has 0 fully saturated rings. The number of carbonyl (C=O) groups excluding carboxylic acids is 2. The second-order valence-corrected chi connectivity index (χ2v) is 6.94. The molecule has 0 saturated heterocycles. The molecule has 0 radical (unpaired) electrons. The fraction of sp³-hybridized carbons (Fsp3) is 0.364. The number of rotatable bonds is 11. The predicted octanol–water partition coefficient (Wildman–Crippen LogP) is 3.90. The number of Topliss-reactive ketones (excluding diaryl/α,β-unsaturated/α-hetero) is 1. The van der Waals surface area contributed by atoms with Crippen LogP contribution in [0.4, 0.5) is 0 Å². The first-order valence-electron chi connectivity index (χ1n) is 9.37. The number of hydrogen-bond donors (Lipinski definition) is 2. The molecule has 0 aromatic heterocycles. The molecule has 2 rings (SSSR count). The molecule has 2 N–H and O–H groups in total. The molecule has 2 aromatic carbocycles. The number of halogens is 1. The molecule has 5 nitrogen and oxygen atoms in total. The summed E-state index contributed by atoms with van der Waals surface area (Å²) in [6.45, 7) is 2.34. The van der Waals surface area contributed by atoms with Crippen molar-refractivity contribution in [2.45, 2.75) is 38.3 Å². The van der Waals surface area contributed by atoms with Gasteiger partial charge in [-0.1, -0.05) is 30.3 Å². The molecule has 0 heterocycles. The Labute approximate surface area is 170 Å². The lowest BCUT2D eigenvalue weighted by atomic mass is 10.0. The average Bonchev–Trinajstić information content (AvgIpc) is 2.72. The average molecular weight is 404 g/mol. The minimum absolute atomic E-state index is 0.0195. The van der Waals surface area contributed by atoms with Crippen LogP contribution in [0.3, 0.4) is 0 Å². The molecule has 0 bridgehead atoms. The highest BCUT2D eigenvalue weighted by Crippen LogP contribution is 2.17. The highest BCUT2D eigenvalue weighted by atomic mass is 35.5. The van der Waals surface area contributed by atoms with E-state index in [0.29, 0.717) is 36.6 Å². The summed E-state index contributed by atoms with van der Waals surface area (Å²) >= 11 is 5.55. The largest absolute Gasteiger partial charge is 0.427 e. The van der Waals surface area contributed by atoms with Gasteiger partial charge in [-0.05, 0) is 43.2 Å². The van der Waals surface area contributed by atoms with E-state index in [-0.39, 0.29) is 24.2 Å². The van der Waals surface area contributed by atoms with Crippen molar-refractivity contribution in [3.8, 4) is 5.75 Å². The summed E-state index contributed by atoms with van der Waals surface area (Å²) in [5.74, 6) is 0.468. The number of aliphatic hydroxyl groups excluding tert-OH is 1. The molecule has 0 saturated carbocycles. The quantitative estimate of drug-likeness (QED) is 0.257. The first-order chi connectivity index (χ1) is 13.5. The summed E-state index contributed by atoms with van der Waals surface area (Å²) in [5, 5.41) is 13.5. The van der Waals surface area contributed by atoms with E-state index in [1.165, 1.54) is 0 Å². The maximum atomic E-state index is 12.3. The summed E-state index contributed by atoms with van der Waals surface area (Å²) in [6, 6.07) is 15.8. The van der Waals surface area contributed by atoms with E-state index in [9.17, 15) is 14.7 Å². The van der Waals surface area contributed by atoms with Crippen molar-refractivity contribution >= 4 is 23.4 Å². The Kier molecular flexibility index (Phi) is 9.14. The smallest absolute Gasteiger partial charge is 0.311 e. The number of aliphatic hydroxyl groups is 1. The van der Waals surface area contributed by atoms with Gasteiger partial charge in [-0.2, -0.15) is 0 Å². The summed E-state index contributed by atoms with van der Waals surface area (Å²) in [7, 11) is 0. The van der Waals surface area contributed by atoms with Gasteiger partial charge in [-0.15, -0.1) is 11.6 Å². The number of alkyl halides is 1. The van der Waals surface area contributed by atoms with Crippen LogP contribution in [0.15, 0.2) is 54.6 Å². The van der Waals surface area contributed by atoms with Crippen LogP contribution < -0.4 is 10.1 Å². The van der Waals surface area contributed by atoms with Gasteiger partial charge in [-0.25, -0.2) is 0 Å². The van der Waals surface area contributed by atoms with E-state index >= 15 is 0 Å². The molecule has 0 aliphatic heterocycles. The van der Waals surface area contributed by atoms with Crippen molar-refractivity contribution in [1.82, 2.24) is 5.32 Å². The van der Waals surface area contributed by atoms with Crippen molar-refractivity contribution in [2.24, 2.45) is 0 Å². The summed E-state index contributed by atoms with van der Waals surface area (Å²) in [5.41, 5.74) is 1.39. The topological polar surface area (TPSA) is 75.6 Å². The van der Waals surface area contributed by atoms with Gasteiger partial charge in [0.15, 0.2) is 5.78 Å². The molecule has 2 unspecified atom stereocenters. The maximum Gasteiger partial charge on any atom is 0.311 e. The lowest BCUT2D eigenvalue weighted by molar-refractivity contribution is -0.134. The number of nitrogens with one attached hydrogen (secondary N) is 1. The Balaban J connectivity index is 1.77. The van der Waals surface area contributed by atoms with Crippen LogP contribution in [0.5, 0.6) is 5.75 Å². The van der Waals surface area contributed by atoms with Gasteiger partial charge in [0.2, 0.25) is 0 Å². The Morgan fingerprint density at radius 1 is 1.07 bits per heavy atom. The van der Waals surface area contributed by atoms with Crippen LogP contribution >= 0.6 is 11.6 Å². The SMILES string of the molecule is CC(NCCC(=O)c1ccc(OC(=O)CCCCl)cc1)C(O)c1ccccc1. The van der Waals surface area contributed by atoms with Gasteiger partial charge in [0.05, 0.1) is 6.10 Å². The third kappa shape index (κ3) is 7.08. The van der Waals surface area contributed by atoms with Gasteiger partial charge in [0.25, 0.3) is 0 Å². The van der Waals surface area contributed by atoms with E-state index in [1.54, 1.807) is 24.3 Å². The number of benzene rings is 2. The lowest BCUT2D eigenvalue weighted by Crippen LogP contribution is -2.33.